The van der Waals surface area contributed by atoms with Gasteiger partial charge in [-0.2, -0.15) is 5.10 Å². The van der Waals surface area contributed by atoms with E-state index in [1.54, 1.807) is 6.20 Å². The number of hydrogen-bond acceptors (Lipinski definition) is 5. The number of hydrazine groups is 2. The van der Waals surface area contributed by atoms with Gasteiger partial charge in [0.2, 0.25) is 0 Å². The minimum atomic E-state index is -0.181. The lowest BCUT2D eigenvalue weighted by Gasteiger charge is -2.25. The lowest BCUT2D eigenvalue weighted by atomic mass is 10.1. The summed E-state index contributed by atoms with van der Waals surface area (Å²) in [6.07, 6.45) is 3.58. The second kappa shape index (κ2) is 3.32. The van der Waals surface area contributed by atoms with E-state index in [-0.39, 0.29) is 6.04 Å². The van der Waals surface area contributed by atoms with Gasteiger partial charge in [-0.1, -0.05) is 0 Å². The van der Waals surface area contributed by atoms with E-state index in [4.69, 9.17) is 5.73 Å². The second-order valence-corrected chi connectivity index (χ2v) is 3.24. The third-order valence-electron chi connectivity index (χ3n) is 2.40. The minimum Gasteiger partial charge on any atom is -0.318 e. The first kappa shape index (κ1) is 9.04. The van der Waals surface area contributed by atoms with Crippen molar-refractivity contribution >= 4 is 0 Å². The van der Waals surface area contributed by atoms with Gasteiger partial charge in [0.05, 0.1) is 17.4 Å². The highest BCUT2D eigenvalue weighted by atomic mass is 15.8. The van der Waals surface area contributed by atoms with Crippen molar-refractivity contribution < 1.29 is 0 Å². The number of nitrogens with one attached hydrogen (secondary N) is 2. The summed E-state index contributed by atoms with van der Waals surface area (Å²) < 4.78 is 0. The molecule has 0 saturated carbocycles. The van der Waals surface area contributed by atoms with Crippen LogP contribution in [0.25, 0.3) is 0 Å². The molecule has 1 aliphatic rings. The minimum absolute atomic E-state index is 0.181. The van der Waals surface area contributed by atoms with Crippen LogP contribution in [0.1, 0.15) is 11.7 Å². The molecule has 2 rings (SSSR count). The summed E-state index contributed by atoms with van der Waals surface area (Å²) in [5, 5.41) is 10.5. The Kier molecular flexibility index (Phi) is 2.14. The molecule has 0 aliphatic carbocycles. The summed E-state index contributed by atoms with van der Waals surface area (Å²) in [6.45, 7) is 0. The Morgan fingerprint density at radius 1 is 1.50 bits per heavy atom. The number of aromatic amines is 1. The molecule has 1 aliphatic heterocycles. The van der Waals surface area contributed by atoms with E-state index in [2.05, 4.69) is 15.6 Å². The number of rotatable bonds is 2. The summed E-state index contributed by atoms with van der Waals surface area (Å²) in [5.74, 6) is 0. The number of likely N-dealkylation sites (N-methyl/N-ethyl adjacent to an activating group) is 1. The number of aromatic nitrogens is 2. The first-order chi connectivity index (χ1) is 6.70. The average molecular weight is 194 g/mol. The molecule has 0 amide bonds. The molecule has 6 nitrogen and oxygen atoms in total. The SMILES string of the molecule is CN1NC=C(C(N)c2ccn[nH]2)N1C. The number of H-pyrrole nitrogens is 1. The smallest absolute Gasteiger partial charge is 0.0901 e. The van der Waals surface area contributed by atoms with Crippen molar-refractivity contribution in [1.82, 2.24) is 25.7 Å². The lowest BCUT2D eigenvalue weighted by molar-refractivity contribution is 0.0487. The van der Waals surface area contributed by atoms with Crippen LogP contribution in [0.5, 0.6) is 0 Å². The normalized spacial score (nSPS) is 19.4. The van der Waals surface area contributed by atoms with E-state index in [0.29, 0.717) is 0 Å². The van der Waals surface area contributed by atoms with Crippen LogP contribution in [0, 0.1) is 0 Å². The molecule has 2 heterocycles. The zero-order valence-corrected chi connectivity index (χ0v) is 8.23. The van der Waals surface area contributed by atoms with Gasteiger partial charge in [-0.05, 0) is 6.07 Å². The van der Waals surface area contributed by atoms with E-state index >= 15 is 0 Å². The molecule has 0 saturated heterocycles. The van der Waals surface area contributed by atoms with Crippen LogP contribution in [-0.2, 0) is 0 Å². The number of nitrogens with zero attached hydrogens (tertiary/aromatic N) is 3. The third-order valence-corrected chi connectivity index (χ3v) is 2.40. The summed E-state index contributed by atoms with van der Waals surface area (Å²) >= 11 is 0. The molecule has 0 aromatic carbocycles. The number of nitrogens with two attached hydrogens (primary N) is 1. The molecule has 1 atom stereocenters. The van der Waals surface area contributed by atoms with Crippen molar-refractivity contribution in [2.24, 2.45) is 5.73 Å². The fourth-order valence-electron chi connectivity index (χ4n) is 1.40. The maximum absolute atomic E-state index is 6.05. The Bertz CT molecular complexity index is 330. The fraction of sp³-hybridized carbons (Fsp3) is 0.375. The van der Waals surface area contributed by atoms with Gasteiger partial charge in [0.15, 0.2) is 0 Å². The van der Waals surface area contributed by atoms with E-state index < -0.39 is 0 Å². The predicted octanol–water partition coefficient (Wildman–Crippen LogP) is -0.452. The molecule has 1 aromatic heterocycles. The Morgan fingerprint density at radius 2 is 2.29 bits per heavy atom. The van der Waals surface area contributed by atoms with Crippen LogP contribution in [0.3, 0.4) is 0 Å². The van der Waals surface area contributed by atoms with Crippen LogP contribution in [0.15, 0.2) is 24.2 Å². The van der Waals surface area contributed by atoms with Gasteiger partial charge in [-0.3, -0.25) is 10.1 Å². The quantitative estimate of drug-likeness (QED) is 0.594. The van der Waals surface area contributed by atoms with Crippen molar-refractivity contribution in [2.45, 2.75) is 6.04 Å². The Hall–Kier alpha value is -1.53. The van der Waals surface area contributed by atoms with Crippen molar-refractivity contribution in [3.8, 4) is 0 Å². The van der Waals surface area contributed by atoms with Crippen LogP contribution >= 0.6 is 0 Å². The monoisotopic (exact) mass is 194 g/mol. The standard InChI is InChI=1S/C8H14N6/c1-13-7(5-11-14(13)2)8(9)6-3-4-10-12-6/h3-5,8,11H,9H2,1-2H3,(H,10,12). The van der Waals surface area contributed by atoms with Crippen LogP contribution in [0.4, 0.5) is 0 Å². The van der Waals surface area contributed by atoms with Gasteiger partial charge < -0.3 is 11.2 Å². The molecule has 0 radical (unpaired) electrons. The Morgan fingerprint density at radius 3 is 2.79 bits per heavy atom. The molecule has 1 unspecified atom stereocenters. The average Bonchev–Trinajstić information content (AvgIpc) is 2.77. The van der Waals surface area contributed by atoms with Crippen LogP contribution in [0.2, 0.25) is 0 Å². The van der Waals surface area contributed by atoms with Crippen LogP contribution < -0.4 is 11.2 Å². The summed E-state index contributed by atoms with van der Waals surface area (Å²) in [7, 11) is 3.87. The summed E-state index contributed by atoms with van der Waals surface area (Å²) in [5.41, 5.74) is 11.0. The van der Waals surface area contributed by atoms with Crippen molar-refractivity contribution in [3.63, 3.8) is 0 Å². The van der Waals surface area contributed by atoms with E-state index in [9.17, 15) is 0 Å². The van der Waals surface area contributed by atoms with Crippen molar-refractivity contribution in [2.75, 3.05) is 14.1 Å². The predicted molar refractivity (Wildman–Crippen MR) is 52.3 cm³/mol. The Balaban J connectivity index is 2.17. The molecule has 1 aromatic rings. The summed E-state index contributed by atoms with van der Waals surface area (Å²) in [4.78, 5) is 0. The van der Waals surface area contributed by atoms with Crippen molar-refractivity contribution in [1.29, 1.82) is 0 Å². The lowest BCUT2D eigenvalue weighted by Crippen LogP contribution is -2.38. The zero-order chi connectivity index (χ0) is 10.1. The van der Waals surface area contributed by atoms with Crippen LogP contribution in [-0.4, -0.2) is 34.4 Å². The maximum Gasteiger partial charge on any atom is 0.0901 e. The highest BCUT2D eigenvalue weighted by molar-refractivity contribution is 5.20. The molecule has 76 valence electrons. The molecule has 0 fully saturated rings. The van der Waals surface area contributed by atoms with E-state index in [1.807, 2.05) is 36.5 Å². The maximum atomic E-state index is 6.05. The second-order valence-electron chi connectivity index (χ2n) is 3.24. The topological polar surface area (TPSA) is 73.2 Å². The molecular weight excluding hydrogens is 180 g/mol. The van der Waals surface area contributed by atoms with Crippen molar-refractivity contribution in [3.05, 3.63) is 29.9 Å². The largest absolute Gasteiger partial charge is 0.318 e. The molecule has 0 bridgehead atoms. The molecule has 14 heavy (non-hydrogen) atoms. The highest BCUT2D eigenvalue weighted by Crippen LogP contribution is 2.21. The molecule has 6 heteroatoms. The number of hydrogen-bond donors (Lipinski definition) is 3. The zero-order valence-electron chi connectivity index (χ0n) is 8.23. The Labute approximate surface area is 82.3 Å². The van der Waals surface area contributed by atoms with E-state index in [0.717, 1.165) is 11.4 Å². The van der Waals surface area contributed by atoms with Gasteiger partial charge in [0.1, 0.15) is 0 Å². The van der Waals surface area contributed by atoms with Gasteiger partial charge in [0, 0.05) is 26.5 Å². The molecular formula is C8H14N6. The fourth-order valence-corrected chi connectivity index (χ4v) is 1.40. The first-order valence-corrected chi connectivity index (χ1v) is 4.38. The van der Waals surface area contributed by atoms with Gasteiger partial charge in [-0.25, -0.2) is 0 Å². The van der Waals surface area contributed by atoms with Gasteiger partial charge in [-0.15, -0.1) is 5.12 Å². The molecule has 0 spiro atoms. The summed E-state index contributed by atoms with van der Waals surface area (Å²) in [6, 6.07) is 1.69. The highest BCUT2D eigenvalue weighted by Gasteiger charge is 2.23. The van der Waals surface area contributed by atoms with E-state index in [1.165, 1.54) is 0 Å². The molecule has 4 N–H and O–H groups in total. The van der Waals surface area contributed by atoms with Gasteiger partial charge in [0.25, 0.3) is 0 Å². The third kappa shape index (κ3) is 1.34. The van der Waals surface area contributed by atoms with Gasteiger partial charge >= 0.3 is 0 Å². The first-order valence-electron chi connectivity index (χ1n) is 4.38.